The van der Waals surface area contributed by atoms with Crippen LogP contribution in [0.5, 0.6) is 11.5 Å². The Morgan fingerprint density at radius 1 is 0.697 bits per heavy atom. The number of fused-ring (bicyclic) bond motifs is 2. The number of halogens is 6. The van der Waals surface area contributed by atoms with Gasteiger partial charge in [-0.1, -0.05) is 76.2 Å². The van der Waals surface area contributed by atoms with E-state index < -0.39 is 119 Å². The van der Waals surface area contributed by atoms with E-state index in [0.29, 0.717) is 22.3 Å². The van der Waals surface area contributed by atoms with Crippen LogP contribution in [0.25, 0.3) is 0 Å². The van der Waals surface area contributed by atoms with E-state index in [2.05, 4.69) is 25.9 Å². The summed E-state index contributed by atoms with van der Waals surface area (Å²) in [4.78, 5) is 58.0. The number of nitrogens with zero attached hydrogens (tertiary/aromatic N) is 3. The highest BCUT2D eigenvalue weighted by Crippen LogP contribution is 2.71. The molecule has 12 atom stereocenters. The number of aromatic nitrogens is 2. The molecule has 3 aliphatic heterocycles. The van der Waals surface area contributed by atoms with E-state index in [-0.39, 0.29) is 23.9 Å². The quantitative estimate of drug-likeness (QED) is 0.121. The monoisotopic (exact) mass is 917 g/mol. The summed E-state index contributed by atoms with van der Waals surface area (Å²) in [6.45, 7) is 7.51. The fourth-order valence-corrected chi connectivity index (χ4v) is 12.1. The maximum absolute atomic E-state index is 14.7. The Morgan fingerprint density at radius 2 is 1.12 bits per heavy atom. The summed E-state index contributed by atoms with van der Waals surface area (Å²) in [5.41, 5.74) is 4.24. The lowest BCUT2D eigenvalue weighted by molar-refractivity contribution is -0.202. The Bertz CT molecular complexity index is 2410. The highest BCUT2D eigenvalue weighted by molar-refractivity contribution is 6.00. The summed E-state index contributed by atoms with van der Waals surface area (Å²) in [5.74, 6) is -5.51. The van der Waals surface area contributed by atoms with Crippen molar-refractivity contribution in [3.8, 4) is 11.5 Å². The summed E-state index contributed by atoms with van der Waals surface area (Å²) >= 11 is 0. The Morgan fingerprint density at radius 3 is 1.50 bits per heavy atom. The molecule has 5 aliphatic rings. The van der Waals surface area contributed by atoms with Gasteiger partial charge in [-0.15, -0.1) is 0 Å². The molecule has 2 aromatic carbocycles. The SMILES string of the molecule is CC1C(C(=O)N[C@H]2C[C@H](C(F)(F)F)Oc3ccccc32)C1C(C)(c1cccnc1)C1(C(C)(c2cccnc2)C2C(C)C2C(=O)N[C@H]2C[C@H](C(F)(F)F)Oc3ccccc32)CC(=O)NC(N)=N1. The van der Waals surface area contributed by atoms with Crippen LogP contribution in [0, 0.1) is 35.5 Å². The standard InChI is InChI=1S/C48H49F6N7O5/c1-24-37(41(63)58-30-19-34(47(49,50)51)65-32-15-7-5-13-28(30)32)39(24)44(3,26-11-9-17-56-22-26)46(21-36(62)60-43(55)61-46)45(4,27-12-10-18-57-23-27)40-25(2)38(40)42(64)59-31-20-35(48(52,53)54)66-33-16-8-6-14-29(31)33/h5-18,22-25,30-31,34-35,37-40H,19-21H2,1-4H3,(H,58,63)(H,59,64)(H3,55,60,61,62)/t24?,25?,30-,31-,34+,35+,37?,38?,39?,40?,44?,45?,46?/m0/s1. The van der Waals surface area contributed by atoms with Gasteiger partial charge >= 0.3 is 12.4 Å². The molecule has 5 heterocycles. The van der Waals surface area contributed by atoms with Gasteiger partial charge in [-0.3, -0.25) is 29.7 Å². The molecule has 12 nitrogen and oxygen atoms in total. The van der Waals surface area contributed by atoms with Crippen molar-refractivity contribution in [3.05, 3.63) is 120 Å². The number of aliphatic imine (C=N–C) groups is 1. The van der Waals surface area contributed by atoms with Crippen LogP contribution in [0.2, 0.25) is 0 Å². The minimum atomic E-state index is -4.71. The highest BCUT2D eigenvalue weighted by atomic mass is 19.4. The number of alkyl halides is 6. The Balaban J connectivity index is 1.14. The number of rotatable bonds is 10. The summed E-state index contributed by atoms with van der Waals surface area (Å²) < 4.78 is 95.8. The lowest BCUT2D eigenvalue weighted by atomic mass is 9.48. The third-order valence-electron chi connectivity index (χ3n) is 15.3. The molecule has 18 heteroatoms. The maximum atomic E-state index is 14.7. The number of para-hydroxylation sites is 2. The number of ether oxygens (including phenoxy) is 2. The molecule has 66 heavy (non-hydrogen) atoms. The molecule has 2 aromatic heterocycles. The Hall–Kier alpha value is -6.20. The predicted molar refractivity (Wildman–Crippen MR) is 227 cm³/mol. The number of nitrogens with one attached hydrogen (secondary N) is 3. The Labute approximate surface area is 376 Å². The van der Waals surface area contributed by atoms with Crippen LogP contribution in [0.3, 0.4) is 0 Å². The zero-order valence-electron chi connectivity index (χ0n) is 36.4. The third-order valence-corrected chi connectivity index (χ3v) is 15.3. The van der Waals surface area contributed by atoms with Gasteiger partial charge in [-0.25, -0.2) is 4.99 Å². The van der Waals surface area contributed by atoms with Gasteiger partial charge < -0.3 is 25.8 Å². The van der Waals surface area contributed by atoms with E-state index in [4.69, 9.17) is 20.2 Å². The van der Waals surface area contributed by atoms with Gasteiger partial charge in [0.15, 0.2) is 18.2 Å². The first-order valence-corrected chi connectivity index (χ1v) is 21.9. The number of hydrogen-bond acceptors (Lipinski definition) is 9. The molecule has 9 rings (SSSR count). The van der Waals surface area contributed by atoms with Gasteiger partial charge in [0.1, 0.15) is 11.5 Å². The van der Waals surface area contributed by atoms with Gasteiger partial charge in [-0.05, 0) is 59.1 Å². The average Bonchev–Trinajstić information content (AvgIpc) is 4.18. The van der Waals surface area contributed by atoms with Crippen LogP contribution in [-0.2, 0) is 25.2 Å². The van der Waals surface area contributed by atoms with Gasteiger partial charge in [0.2, 0.25) is 17.7 Å². The molecule has 4 aromatic rings. The normalized spacial score (nSPS) is 32.0. The number of carbonyl (C=O) groups is 3. The van der Waals surface area contributed by atoms with Crippen molar-refractivity contribution in [2.24, 2.45) is 46.2 Å². The minimum absolute atomic E-state index is 0.0135. The molecule has 2 aliphatic carbocycles. The lowest BCUT2D eigenvalue weighted by Gasteiger charge is -2.58. The van der Waals surface area contributed by atoms with E-state index >= 15 is 0 Å². The second kappa shape index (κ2) is 16.0. The van der Waals surface area contributed by atoms with Gasteiger partial charge in [0.25, 0.3) is 0 Å². The van der Waals surface area contributed by atoms with E-state index in [1.54, 1.807) is 73.3 Å². The highest BCUT2D eigenvalue weighted by Gasteiger charge is 2.77. The van der Waals surface area contributed by atoms with E-state index in [1.807, 2.05) is 39.8 Å². The fraction of sp³-hybridized carbons (Fsp3) is 0.458. The van der Waals surface area contributed by atoms with Crippen molar-refractivity contribution in [3.63, 3.8) is 0 Å². The van der Waals surface area contributed by atoms with Crippen LogP contribution in [0.4, 0.5) is 26.3 Å². The molecule has 3 amide bonds. The molecular weight excluding hydrogens is 869 g/mol. The van der Waals surface area contributed by atoms with Crippen molar-refractivity contribution in [2.45, 2.75) is 100.0 Å². The predicted octanol–water partition coefficient (Wildman–Crippen LogP) is 7.17. The van der Waals surface area contributed by atoms with E-state index in [9.17, 15) is 40.7 Å². The number of pyridine rings is 2. The molecule has 0 spiro atoms. The zero-order valence-corrected chi connectivity index (χ0v) is 36.4. The number of guanidine groups is 1. The molecular formula is C48H49F6N7O5. The number of amides is 3. The van der Waals surface area contributed by atoms with Crippen LogP contribution in [0.15, 0.2) is 103 Å². The van der Waals surface area contributed by atoms with Crippen LogP contribution in [-0.4, -0.2) is 63.7 Å². The number of hydrogen-bond donors (Lipinski definition) is 4. The molecule has 8 unspecified atom stereocenters. The summed E-state index contributed by atoms with van der Waals surface area (Å²) in [5, 5.41) is 8.51. The third kappa shape index (κ3) is 7.30. The molecule has 0 radical (unpaired) electrons. The Kier molecular flexibility index (Phi) is 10.9. The molecule has 5 N–H and O–H groups in total. The number of benzene rings is 2. The largest absolute Gasteiger partial charge is 0.480 e. The van der Waals surface area contributed by atoms with Crippen molar-refractivity contribution < 1.29 is 50.2 Å². The summed E-state index contributed by atoms with van der Waals surface area (Å²) in [6, 6.07) is 17.5. The van der Waals surface area contributed by atoms with Crippen molar-refractivity contribution >= 4 is 23.7 Å². The number of carbonyl (C=O) groups excluding carboxylic acids is 3. The second-order valence-electron chi connectivity index (χ2n) is 18.8. The van der Waals surface area contributed by atoms with E-state index in [1.165, 1.54) is 12.1 Å². The van der Waals surface area contributed by atoms with E-state index in [0.717, 1.165) is 0 Å². The second-order valence-corrected chi connectivity index (χ2v) is 18.8. The van der Waals surface area contributed by atoms with Gasteiger partial charge in [0, 0.05) is 71.4 Å². The molecule has 0 saturated heterocycles. The topological polar surface area (TPSA) is 170 Å². The van der Waals surface area contributed by atoms with Crippen molar-refractivity contribution in [1.82, 2.24) is 25.9 Å². The van der Waals surface area contributed by atoms with Crippen LogP contribution < -0.4 is 31.2 Å². The molecule has 348 valence electrons. The lowest BCUT2D eigenvalue weighted by Crippen LogP contribution is -2.68. The zero-order chi connectivity index (χ0) is 47.1. The van der Waals surface area contributed by atoms with Gasteiger partial charge in [0.05, 0.1) is 24.0 Å². The smallest absolute Gasteiger partial charge is 0.425 e. The molecule has 2 fully saturated rings. The molecule has 0 bridgehead atoms. The first kappa shape index (κ1) is 45.0. The maximum Gasteiger partial charge on any atom is 0.425 e. The first-order valence-electron chi connectivity index (χ1n) is 21.9. The first-order chi connectivity index (χ1) is 31.2. The fourth-order valence-electron chi connectivity index (χ4n) is 12.1. The molecule has 2 saturated carbocycles. The average molecular weight is 918 g/mol. The summed E-state index contributed by atoms with van der Waals surface area (Å²) in [7, 11) is 0. The van der Waals surface area contributed by atoms with Crippen LogP contribution in [0.1, 0.15) is 81.3 Å². The minimum Gasteiger partial charge on any atom is -0.480 e. The number of nitrogens with two attached hydrogens (primary N) is 1. The van der Waals surface area contributed by atoms with Crippen molar-refractivity contribution in [1.29, 1.82) is 0 Å². The summed E-state index contributed by atoms with van der Waals surface area (Å²) in [6.07, 6.45) is -8.74. The van der Waals surface area contributed by atoms with Gasteiger partial charge in [-0.2, -0.15) is 26.3 Å². The van der Waals surface area contributed by atoms with Crippen LogP contribution >= 0.6 is 0 Å². The van der Waals surface area contributed by atoms with Crippen molar-refractivity contribution in [2.75, 3.05) is 0 Å².